The second-order valence-corrected chi connectivity index (χ2v) is 4.43. The largest absolute Gasteiger partial charge is 0.471 e. The number of hydrogen-bond donors (Lipinski definition) is 1. The highest BCUT2D eigenvalue weighted by molar-refractivity contribution is 6.30. The van der Waals surface area contributed by atoms with Gasteiger partial charge in [0.2, 0.25) is 0 Å². The minimum atomic E-state index is -5.04. The number of alkyl halides is 3. The van der Waals surface area contributed by atoms with E-state index in [0.717, 1.165) is 6.07 Å². The Morgan fingerprint density at radius 3 is 2.67 bits per heavy atom. The van der Waals surface area contributed by atoms with Gasteiger partial charge in [-0.05, 0) is 17.7 Å². The molecule has 116 valence electrons. The highest BCUT2D eigenvalue weighted by Gasteiger charge is 2.40. The van der Waals surface area contributed by atoms with Gasteiger partial charge in [-0.15, -0.1) is 6.58 Å². The standard InChI is InChI=1S/C13H12ClF4NO2/c1-2-5-21-7-11(19-12(20)13(16,17)18)8-3-4-9(14)10(15)6-8/h2-4,6,11H,1,5,7H2,(H,19,20). The Balaban J connectivity index is 2.92. The molecule has 1 unspecified atom stereocenters. The SMILES string of the molecule is C=CCOCC(NC(=O)C(F)(F)F)c1ccc(Cl)c(F)c1. The number of hydrogen-bond acceptors (Lipinski definition) is 2. The minimum Gasteiger partial charge on any atom is -0.375 e. The highest BCUT2D eigenvalue weighted by Crippen LogP contribution is 2.23. The van der Waals surface area contributed by atoms with E-state index < -0.39 is 23.9 Å². The number of amides is 1. The summed E-state index contributed by atoms with van der Waals surface area (Å²) in [4.78, 5) is 11.0. The summed E-state index contributed by atoms with van der Waals surface area (Å²) >= 11 is 5.50. The average Bonchev–Trinajstić information content (AvgIpc) is 2.40. The van der Waals surface area contributed by atoms with E-state index in [1.165, 1.54) is 18.2 Å². The van der Waals surface area contributed by atoms with Crippen molar-refractivity contribution in [2.45, 2.75) is 12.2 Å². The predicted molar refractivity (Wildman–Crippen MR) is 69.4 cm³/mol. The van der Waals surface area contributed by atoms with Crippen LogP contribution in [0.3, 0.4) is 0 Å². The van der Waals surface area contributed by atoms with Gasteiger partial charge in [0, 0.05) is 0 Å². The van der Waals surface area contributed by atoms with Crippen LogP contribution in [0.25, 0.3) is 0 Å². The molecule has 0 radical (unpaired) electrons. The molecule has 0 aliphatic heterocycles. The van der Waals surface area contributed by atoms with Crippen LogP contribution in [0.15, 0.2) is 30.9 Å². The average molecular weight is 326 g/mol. The van der Waals surface area contributed by atoms with Gasteiger partial charge in [-0.25, -0.2) is 4.39 Å². The van der Waals surface area contributed by atoms with E-state index in [-0.39, 0.29) is 23.8 Å². The number of carbonyl (C=O) groups excluding carboxylic acids is 1. The molecule has 8 heteroatoms. The van der Waals surface area contributed by atoms with Gasteiger partial charge >= 0.3 is 12.1 Å². The quantitative estimate of drug-likeness (QED) is 0.494. The first kappa shape index (κ1) is 17.5. The Hall–Kier alpha value is -1.60. The van der Waals surface area contributed by atoms with Crippen LogP contribution in [0.4, 0.5) is 17.6 Å². The normalized spacial score (nSPS) is 12.8. The fourth-order valence-electron chi connectivity index (χ4n) is 1.46. The Morgan fingerprint density at radius 2 is 2.14 bits per heavy atom. The van der Waals surface area contributed by atoms with E-state index in [2.05, 4.69) is 6.58 Å². The maximum Gasteiger partial charge on any atom is 0.471 e. The van der Waals surface area contributed by atoms with Crippen LogP contribution in [0.1, 0.15) is 11.6 Å². The van der Waals surface area contributed by atoms with E-state index in [0.29, 0.717) is 0 Å². The third-order valence-electron chi connectivity index (χ3n) is 2.43. The molecule has 1 rings (SSSR count). The molecule has 0 heterocycles. The van der Waals surface area contributed by atoms with Crippen molar-refractivity contribution in [1.82, 2.24) is 5.32 Å². The smallest absolute Gasteiger partial charge is 0.375 e. The van der Waals surface area contributed by atoms with E-state index >= 15 is 0 Å². The first-order valence-electron chi connectivity index (χ1n) is 5.77. The van der Waals surface area contributed by atoms with Crippen molar-refractivity contribution in [3.63, 3.8) is 0 Å². The molecule has 0 aliphatic carbocycles. The van der Waals surface area contributed by atoms with Crippen LogP contribution >= 0.6 is 11.6 Å². The summed E-state index contributed by atoms with van der Waals surface area (Å²) in [5.74, 6) is -2.94. The summed E-state index contributed by atoms with van der Waals surface area (Å²) < 4.78 is 55.3. The lowest BCUT2D eigenvalue weighted by Crippen LogP contribution is -2.40. The molecule has 1 N–H and O–H groups in total. The zero-order valence-electron chi connectivity index (χ0n) is 10.7. The fourth-order valence-corrected chi connectivity index (χ4v) is 1.58. The first-order chi connectivity index (χ1) is 9.75. The zero-order chi connectivity index (χ0) is 16.0. The lowest BCUT2D eigenvalue weighted by atomic mass is 10.1. The molecule has 21 heavy (non-hydrogen) atoms. The molecule has 0 fully saturated rings. The van der Waals surface area contributed by atoms with E-state index in [1.54, 1.807) is 5.32 Å². The third-order valence-corrected chi connectivity index (χ3v) is 2.74. The van der Waals surface area contributed by atoms with Crippen LogP contribution in [0.5, 0.6) is 0 Å². The predicted octanol–water partition coefficient (Wildman–Crippen LogP) is 3.40. The summed E-state index contributed by atoms with van der Waals surface area (Å²) in [5.41, 5.74) is 0.110. The van der Waals surface area contributed by atoms with Crippen LogP contribution in [0.2, 0.25) is 5.02 Å². The number of benzene rings is 1. The molecule has 0 aliphatic rings. The van der Waals surface area contributed by atoms with Crippen molar-refractivity contribution in [2.75, 3.05) is 13.2 Å². The summed E-state index contributed by atoms with van der Waals surface area (Å²) in [5, 5.41) is 1.57. The number of nitrogens with one attached hydrogen (secondary N) is 1. The fraction of sp³-hybridized carbons (Fsp3) is 0.308. The molecule has 1 atom stereocenters. The summed E-state index contributed by atoms with van der Waals surface area (Å²) in [7, 11) is 0. The molecule has 0 aromatic heterocycles. The summed E-state index contributed by atoms with van der Waals surface area (Å²) in [6.45, 7) is 3.20. The number of carbonyl (C=O) groups is 1. The molecule has 1 aromatic rings. The molecule has 0 spiro atoms. The van der Waals surface area contributed by atoms with Crippen molar-refractivity contribution in [3.05, 3.63) is 47.3 Å². The molecule has 0 saturated heterocycles. The Bertz CT molecular complexity index is 519. The number of halogens is 5. The lowest BCUT2D eigenvalue weighted by Gasteiger charge is -2.20. The lowest BCUT2D eigenvalue weighted by molar-refractivity contribution is -0.174. The van der Waals surface area contributed by atoms with Crippen LogP contribution in [-0.4, -0.2) is 25.3 Å². The molecule has 1 amide bonds. The molecule has 1 aromatic carbocycles. The van der Waals surface area contributed by atoms with Gasteiger partial charge < -0.3 is 10.1 Å². The van der Waals surface area contributed by atoms with Gasteiger partial charge in [-0.2, -0.15) is 13.2 Å². The maximum absolute atomic E-state index is 13.4. The Labute approximate surface area is 123 Å². The van der Waals surface area contributed by atoms with Crippen molar-refractivity contribution in [3.8, 4) is 0 Å². The minimum absolute atomic E-state index is 0.0778. The highest BCUT2D eigenvalue weighted by atomic mass is 35.5. The van der Waals surface area contributed by atoms with Gasteiger partial charge in [-0.1, -0.05) is 23.7 Å². The summed E-state index contributed by atoms with van der Waals surface area (Å²) in [6.07, 6.45) is -3.65. The van der Waals surface area contributed by atoms with Crippen LogP contribution < -0.4 is 5.32 Å². The number of rotatable bonds is 6. The number of ether oxygens (including phenoxy) is 1. The molecule has 3 nitrogen and oxygen atoms in total. The first-order valence-corrected chi connectivity index (χ1v) is 6.14. The second-order valence-electron chi connectivity index (χ2n) is 4.02. The third kappa shape index (κ3) is 5.35. The van der Waals surface area contributed by atoms with Crippen molar-refractivity contribution in [2.24, 2.45) is 0 Å². The monoisotopic (exact) mass is 325 g/mol. The zero-order valence-corrected chi connectivity index (χ0v) is 11.5. The van der Waals surface area contributed by atoms with Gasteiger partial charge in [0.1, 0.15) is 5.82 Å². The summed E-state index contributed by atoms with van der Waals surface area (Å²) in [6, 6.07) is 2.28. The van der Waals surface area contributed by atoms with Gasteiger partial charge in [0.25, 0.3) is 0 Å². The van der Waals surface area contributed by atoms with Crippen molar-refractivity contribution >= 4 is 17.5 Å². The van der Waals surface area contributed by atoms with Crippen molar-refractivity contribution < 1.29 is 27.1 Å². The Morgan fingerprint density at radius 1 is 1.48 bits per heavy atom. The molecular formula is C13H12ClF4NO2. The molecular weight excluding hydrogens is 314 g/mol. The van der Waals surface area contributed by atoms with Crippen LogP contribution in [0, 0.1) is 5.82 Å². The Kier molecular flexibility index (Phi) is 6.17. The van der Waals surface area contributed by atoms with E-state index in [4.69, 9.17) is 16.3 Å². The van der Waals surface area contributed by atoms with Crippen LogP contribution in [-0.2, 0) is 9.53 Å². The van der Waals surface area contributed by atoms with E-state index in [9.17, 15) is 22.4 Å². The van der Waals surface area contributed by atoms with Gasteiger partial charge in [-0.3, -0.25) is 4.79 Å². The molecule has 0 bridgehead atoms. The van der Waals surface area contributed by atoms with Gasteiger partial charge in [0.15, 0.2) is 0 Å². The van der Waals surface area contributed by atoms with Crippen molar-refractivity contribution in [1.29, 1.82) is 0 Å². The maximum atomic E-state index is 13.4. The molecule has 0 saturated carbocycles. The van der Waals surface area contributed by atoms with E-state index in [1.807, 2.05) is 0 Å². The van der Waals surface area contributed by atoms with Gasteiger partial charge in [0.05, 0.1) is 24.3 Å². The second kappa shape index (κ2) is 7.42. The topological polar surface area (TPSA) is 38.3 Å².